The van der Waals surface area contributed by atoms with Gasteiger partial charge in [-0.15, -0.1) is 61.7 Å². The van der Waals surface area contributed by atoms with Crippen LogP contribution in [0.2, 0.25) is 0 Å². The molecular weight excluding hydrogens is 524 g/mol. The van der Waals surface area contributed by atoms with Crippen LogP contribution >= 0.6 is 11.8 Å². The molecule has 0 spiro atoms. The van der Waals surface area contributed by atoms with E-state index in [1.807, 2.05) is 11.8 Å². The molecule has 0 fully saturated rings. The number of fused-ring (bicyclic) bond motifs is 2. The fourth-order valence-corrected chi connectivity index (χ4v) is 5.29. The zero-order valence-electron chi connectivity index (χ0n) is 21.8. The number of allylic oxidation sites excluding steroid dienone is 4. The normalized spacial score (nSPS) is 15.8. The summed E-state index contributed by atoms with van der Waals surface area (Å²) in [5, 5.41) is 3.40. The Morgan fingerprint density at radius 1 is 1.00 bits per heavy atom. The number of hydrogen-bond acceptors (Lipinski definition) is 1. The van der Waals surface area contributed by atoms with E-state index in [0.29, 0.717) is 11.2 Å². The van der Waals surface area contributed by atoms with Crippen molar-refractivity contribution < 1.29 is 23.3 Å². The standard InChI is InChI=1S/C17H15.C12H15S.2CH3.Si.Zr/c1-12-10-16-13(2)8-9-15(17(16)11-12)14-6-4-3-5-7-14;1-7(2)10-5-11-8(3)9(4)13-12(11)6-10;;;;/h3-11H,1-2H3;6-7,9H,1-4H3;2*1H3;;/q4*-1;;. The number of thioether (sulfide) groups is 1. The molecule has 178 valence electrons. The topological polar surface area (TPSA) is 0 Å². The molecule has 2 aliphatic rings. The Hall–Kier alpha value is -1.28. The van der Waals surface area contributed by atoms with Gasteiger partial charge in [0.1, 0.15) is 0 Å². The first-order valence-corrected chi connectivity index (χ1v) is 16.1. The van der Waals surface area contributed by atoms with Gasteiger partial charge in [-0.05, 0) is 16.7 Å². The molecule has 1 aliphatic carbocycles. The van der Waals surface area contributed by atoms with E-state index in [9.17, 15) is 0 Å². The van der Waals surface area contributed by atoms with Crippen molar-refractivity contribution in [3.8, 4) is 11.1 Å². The molecule has 0 amide bonds. The maximum atomic E-state index is 3.52. The Morgan fingerprint density at radius 3 is 2.24 bits per heavy atom. The number of benzene rings is 2. The van der Waals surface area contributed by atoms with Crippen LogP contribution in [0.5, 0.6) is 0 Å². The minimum atomic E-state index is 0. The van der Waals surface area contributed by atoms with E-state index < -0.39 is 0 Å². The molecule has 5 rings (SSSR count). The van der Waals surface area contributed by atoms with Gasteiger partial charge in [0, 0.05) is 0 Å². The first-order chi connectivity index (χ1) is 15.3. The van der Waals surface area contributed by atoms with E-state index in [-0.39, 0.29) is 14.9 Å². The molecule has 1 atom stereocenters. The number of aryl methyl sites for hydroxylation is 2. The van der Waals surface area contributed by atoms with Gasteiger partial charge >= 0.3 is 30.2 Å². The Kier molecular flexibility index (Phi) is 12.4. The summed E-state index contributed by atoms with van der Waals surface area (Å²) in [6.07, 6.45) is 5.82. The van der Waals surface area contributed by atoms with Crippen LogP contribution < -0.4 is 0 Å². The van der Waals surface area contributed by atoms with Crippen LogP contribution in [-0.2, 0) is 23.3 Å². The van der Waals surface area contributed by atoms with Crippen molar-refractivity contribution in [2.45, 2.75) is 46.8 Å². The summed E-state index contributed by atoms with van der Waals surface area (Å²) in [4.78, 5) is 1.44. The van der Waals surface area contributed by atoms with Gasteiger partial charge in [-0.2, -0.15) is 23.9 Å². The van der Waals surface area contributed by atoms with Gasteiger partial charge in [-0.3, -0.25) is 0 Å². The monoisotopic (exact) mass is 558 g/mol. The van der Waals surface area contributed by atoms with Crippen molar-refractivity contribution in [3.63, 3.8) is 0 Å². The van der Waals surface area contributed by atoms with E-state index >= 15 is 0 Å². The second-order valence-corrected chi connectivity index (χ2v) is 10.1. The van der Waals surface area contributed by atoms with Gasteiger partial charge in [0.2, 0.25) is 0 Å². The molecule has 1 heterocycles. The van der Waals surface area contributed by atoms with E-state index in [4.69, 9.17) is 0 Å². The predicted octanol–water partition coefficient (Wildman–Crippen LogP) is 9.08. The van der Waals surface area contributed by atoms with Crippen LogP contribution in [0.4, 0.5) is 0 Å². The van der Waals surface area contributed by atoms with Gasteiger partial charge in [0.05, 0.1) is 0 Å². The van der Waals surface area contributed by atoms with Crippen LogP contribution in [-0.4, -0.2) is 12.1 Å². The zero-order chi connectivity index (χ0) is 23.4. The number of hydrogen-bond donors (Lipinski definition) is 0. The molecular formula is C31H36SSiZr-4. The van der Waals surface area contributed by atoms with Crippen LogP contribution in [0.3, 0.4) is 0 Å². The van der Waals surface area contributed by atoms with Gasteiger partial charge in [0.15, 0.2) is 0 Å². The van der Waals surface area contributed by atoms with E-state index in [2.05, 4.69) is 115 Å². The fourth-order valence-electron chi connectivity index (χ4n) is 4.09. The first-order valence-electron chi connectivity index (χ1n) is 11.1. The summed E-state index contributed by atoms with van der Waals surface area (Å²) < 4.78 is 0. The van der Waals surface area contributed by atoms with Gasteiger partial charge in [-0.1, -0.05) is 83.5 Å². The summed E-state index contributed by atoms with van der Waals surface area (Å²) in [6.45, 7) is 16.3. The van der Waals surface area contributed by atoms with Crippen LogP contribution in [0.15, 0.2) is 82.3 Å². The summed E-state index contributed by atoms with van der Waals surface area (Å²) >= 11 is 3.32. The predicted molar refractivity (Wildman–Crippen MR) is 152 cm³/mol. The Labute approximate surface area is 229 Å². The van der Waals surface area contributed by atoms with Crippen molar-refractivity contribution in [3.05, 3.63) is 114 Å². The molecule has 1 unspecified atom stereocenters. The molecule has 0 bridgehead atoms. The average molecular weight is 560 g/mol. The second kappa shape index (κ2) is 13.7. The molecule has 0 nitrogen and oxygen atoms in total. The first kappa shape index (κ1) is 30.8. The van der Waals surface area contributed by atoms with E-state index in [0.717, 1.165) is 0 Å². The molecule has 0 saturated heterocycles. The maximum absolute atomic E-state index is 3.52. The second-order valence-electron chi connectivity index (χ2n) is 8.72. The van der Waals surface area contributed by atoms with E-state index in [1.165, 1.54) is 78.0 Å². The molecule has 0 aromatic heterocycles. The molecule has 2 radical (unpaired) electrons. The van der Waals surface area contributed by atoms with Crippen LogP contribution in [0.25, 0.3) is 21.9 Å². The Balaban J connectivity index is 0.000000309. The third-order valence-corrected chi connectivity index (χ3v) is 7.35. The quantitative estimate of drug-likeness (QED) is 0.223. The minimum absolute atomic E-state index is 0. The fraction of sp³-hybridized carbons (Fsp3) is 0.258. The molecule has 0 N–H and O–H groups in total. The molecule has 3 heteroatoms. The van der Waals surface area contributed by atoms with E-state index in [1.54, 1.807) is 0 Å². The van der Waals surface area contributed by atoms with Gasteiger partial charge < -0.3 is 14.9 Å². The van der Waals surface area contributed by atoms with Crippen LogP contribution in [0, 0.1) is 40.7 Å². The number of rotatable bonds is 2. The Bertz CT molecular complexity index is 1190. The summed E-state index contributed by atoms with van der Waals surface area (Å²) in [5.74, 6) is 0.606. The molecule has 3 aromatic rings. The SMILES string of the molecule is CC1=C2[C-]=C(C(C)C)C=C2SC1C.Cc1cc2c(-c3ccccc3)ccc(C)c2[cH-]1.[CH3-].[CH3-].[Si]=[Zr]. The molecule has 0 saturated carbocycles. The van der Waals surface area contributed by atoms with Crippen molar-refractivity contribution in [1.29, 1.82) is 0 Å². The van der Waals surface area contributed by atoms with Crippen molar-refractivity contribution in [2.75, 3.05) is 0 Å². The summed E-state index contributed by atoms with van der Waals surface area (Å²) in [6, 6.07) is 19.6. The average Bonchev–Trinajstić information content (AvgIpc) is 3.46. The third-order valence-electron chi connectivity index (χ3n) is 6.07. The zero-order valence-corrected chi connectivity index (χ0v) is 26.1. The summed E-state index contributed by atoms with van der Waals surface area (Å²) in [7, 11) is 0. The van der Waals surface area contributed by atoms with Gasteiger partial charge in [-0.25, -0.2) is 0 Å². The Morgan fingerprint density at radius 2 is 1.65 bits per heavy atom. The molecule has 1 aliphatic heterocycles. The van der Waals surface area contributed by atoms with Gasteiger partial charge in [0.25, 0.3) is 0 Å². The van der Waals surface area contributed by atoms with Crippen molar-refractivity contribution >= 4 is 29.4 Å². The summed E-state index contributed by atoms with van der Waals surface area (Å²) in [5.41, 5.74) is 9.55. The molecule has 34 heavy (non-hydrogen) atoms. The van der Waals surface area contributed by atoms with Crippen molar-refractivity contribution in [1.82, 2.24) is 0 Å². The van der Waals surface area contributed by atoms with Crippen molar-refractivity contribution in [2.24, 2.45) is 5.92 Å². The molecule has 3 aromatic carbocycles. The third kappa shape index (κ3) is 6.68. The van der Waals surface area contributed by atoms with Crippen LogP contribution in [0.1, 0.15) is 38.8 Å².